The molecule has 3 N–H and O–H groups in total. The largest absolute Gasteiger partial charge is 0.398 e. The number of ether oxygens (including phenoxy) is 1. The number of nitrogens with zero attached hydrogens (tertiary/aromatic N) is 1. The Kier molecular flexibility index (Phi) is 4.45. The van der Waals surface area contributed by atoms with Crippen LogP contribution >= 0.6 is 0 Å². The van der Waals surface area contributed by atoms with Crippen LogP contribution in [-0.2, 0) is 4.74 Å². The molecule has 0 saturated carbocycles. The lowest BCUT2D eigenvalue weighted by Gasteiger charge is -2.25. The molecule has 20 heavy (non-hydrogen) atoms. The molecule has 2 rings (SSSR count). The molecule has 4 nitrogen and oxygen atoms in total. The molecule has 0 atom stereocenters. The Morgan fingerprint density at radius 1 is 1.25 bits per heavy atom. The van der Waals surface area contributed by atoms with E-state index in [1.165, 1.54) is 0 Å². The Labute approximate surface area is 120 Å². The lowest BCUT2D eigenvalue weighted by molar-refractivity contribution is 0.157. The van der Waals surface area contributed by atoms with Gasteiger partial charge in [-0.05, 0) is 30.0 Å². The molecule has 0 unspecified atom stereocenters. The molecular formula is C16H23N3O. The summed E-state index contributed by atoms with van der Waals surface area (Å²) in [5.74, 6) is 0. The van der Waals surface area contributed by atoms with Gasteiger partial charge >= 0.3 is 0 Å². The number of benzene rings is 1. The van der Waals surface area contributed by atoms with Crippen LogP contribution in [0.2, 0.25) is 0 Å². The first-order valence-electron chi connectivity index (χ1n) is 6.88. The van der Waals surface area contributed by atoms with Gasteiger partial charge in [0.15, 0.2) is 0 Å². The molecule has 0 aliphatic rings. The predicted octanol–water partition coefficient (Wildman–Crippen LogP) is 3.29. The molecule has 0 bridgehead atoms. The third kappa shape index (κ3) is 3.39. The van der Waals surface area contributed by atoms with Gasteiger partial charge in [-0.25, -0.2) is 0 Å². The Balaban J connectivity index is 2.16. The molecule has 0 fully saturated rings. The highest BCUT2D eigenvalue weighted by molar-refractivity contribution is 6.00. The molecule has 0 spiro atoms. The third-order valence-corrected chi connectivity index (χ3v) is 3.59. The Morgan fingerprint density at radius 3 is 2.80 bits per heavy atom. The van der Waals surface area contributed by atoms with E-state index in [0.717, 1.165) is 41.7 Å². The van der Waals surface area contributed by atoms with E-state index in [9.17, 15) is 0 Å². The van der Waals surface area contributed by atoms with Crippen molar-refractivity contribution in [3.8, 4) is 0 Å². The molecule has 1 heterocycles. The monoisotopic (exact) mass is 273 g/mol. The highest BCUT2D eigenvalue weighted by Crippen LogP contribution is 2.29. The predicted molar refractivity (Wildman–Crippen MR) is 84.9 cm³/mol. The summed E-state index contributed by atoms with van der Waals surface area (Å²) in [6.07, 6.45) is 4.64. The standard InChI is InChI=1S/C16H23N3O/c1-16(2,7-9-20-3)11-19-15-5-4-14(17)12-6-8-18-10-13(12)15/h4-6,8,10,19H,7,9,11,17H2,1-3H3. The number of pyridine rings is 1. The van der Waals surface area contributed by atoms with E-state index in [1.807, 2.05) is 24.4 Å². The van der Waals surface area contributed by atoms with Crippen LogP contribution in [0.4, 0.5) is 11.4 Å². The van der Waals surface area contributed by atoms with Crippen LogP contribution in [0.3, 0.4) is 0 Å². The zero-order valence-corrected chi connectivity index (χ0v) is 12.4. The first kappa shape index (κ1) is 14.6. The second kappa shape index (κ2) is 6.09. The number of nitrogens with one attached hydrogen (secondary N) is 1. The summed E-state index contributed by atoms with van der Waals surface area (Å²) in [5, 5.41) is 5.62. The minimum Gasteiger partial charge on any atom is -0.398 e. The van der Waals surface area contributed by atoms with Gasteiger partial charge in [-0.1, -0.05) is 13.8 Å². The minimum atomic E-state index is 0.173. The number of methoxy groups -OCH3 is 1. The first-order valence-corrected chi connectivity index (χ1v) is 6.88. The topological polar surface area (TPSA) is 60.2 Å². The molecular weight excluding hydrogens is 250 g/mol. The lowest BCUT2D eigenvalue weighted by atomic mass is 9.89. The highest BCUT2D eigenvalue weighted by atomic mass is 16.5. The highest BCUT2D eigenvalue weighted by Gasteiger charge is 2.17. The second-order valence-electron chi connectivity index (χ2n) is 5.88. The smallest absolute Gasteiger partial charge is 0.0468 e. The molecule has 1 aromatic heterocycles. The average Bonchev–Trinajstić information content (AvgIpc) is 2.45. The Morgan fingerprint density at radius 2 is 2.05 bits per heavy atom. The number of hydrogen-bond donors (Lipinski definition) is 2. The van der Waals surface area contributed by atoms with Gasteiger partial charge in [-0.15, -0.1) is 0 Å². The number of fused-ring (bicyclic) bond motifs is 1. The molecule has 0 aliphatic heterocycles. The molecule has 0 amide bonds. The van der Waals surface area contributed by atoms with E-state index < -0.39 is 0 Å². The fourth-order valence-corrected chi connectivity index (χ4v) is 2.17. The maximum absolute atomic E-state index is 6.00. The van der Waals surface area contributed by atoms with Crippen LogP contribution in [0, 0.1) is 5.41 Å². The zero-order chi connectivity index (χ0) is 14.6. The molecule has 4 heteroatoms. The normalized spacial score (nSPS) is 11.8. The van der Waals surface area contributed by atoms with E-state index in [0.29, 0.717) is 0 Å². The van der Waals surface area contributed by atoms with Crippen molar-refractivity contribution in [3.05, 3.63) is 30.6 Å². The number of hydrogen-bond acceptors (Lipinski definition) is 4. The van der Waals surface area contributed by atoms with Crippen LogP contribution in [0.15, 0.2) is 30.6 Å². The first-order chi connectivity index (χ1) is 9.53. The van der Waals surface area contributed by atoms with E-state index >= 15 is 0 Å². The van der Waals surface area contributed by atoms with Crippen LogP contribution in [0.5, 0.6) is 0 Å². The molecule has 2 aromatic rings. The maximum atomic E-state index is 6.00. The van der Waals surface area contributed by atoms with Crippen LogP contribution in [0.25, 0.3) is 10.8 Å². The van der Waals surface area contributed by atoms with Gasteiger partial charge in [0, 0.05) is 54.8 Å². The fraction of sp³-hybridized carbons (Fsp3) is 0.438. The van der Waals surface area contributed by atoms with Crippen molar-refractivity contribution in [2.75, 3.05) is 31.3 Å². The Hall–Kier alpha value is -1.81. The van der Waals surface area contributed by atoms with Crippen molar-refractivity contribution in [1.82, 2.24) is 4.98 Å². The quantitative estimate of drug-likeness (QED) is 0.793. The van der Waals surface area contributed by atoms with Gasteiger partial charge in [0.05, 0.1) is 0 Å². The zero-order valence-electron chi connectivity index (χ0n) is 12.4. The molecule has 0 radical (unpaired) electrons. The second-order valence-corrected chi connectivity index (χ2v) is 5.88. The Bertz CT molecular complexity index is 581. The molecule has 108 valence electrons. The number of nitrogen functional groups attached to an aromatic ring is 1. The summed E-state index contributed by atoms with van der Waals surface area (Å²) in [7, 11) is 1.74. The van der Waals surface area contributed by atoms with Crippen molar-refractivity contribution in [2.45, 2.75) is 20.3 Å². The van der Waals surface area contributed by atoms with Crippen LogP contribution in [0.1, 0.15) is 20.3 Å². The van der Waals surface area contributed by atoms with E-state index in [4.69, 9.17) is 10.5 Å². The number of anilines is 2. The number of nitrogens with two attached hydrogens (primary N) is 1. The summed E-state index contributed by atoms with van der Waals surface area (Å²) >= 11 is 0. The van der Waals surface area contributed by atoms with Crippen LogP contribution < -0.4 is 11.1 Å². The van der Waals surface area contributed by atoms with Gasteiger partial charge in [0.2, 0.25) is 0 Å². The summed E-state index contributed by atoms with van der Waals surface area (Å²) in [5.41, 5.74) is 8.03. The van der Waals surface area contributed by atoms with Crippen molar-refractivity contribution in [1.29, 1.82) is 0 Å². The van der Waals surface area contributed by atoms with Crippen molar-refractivity contribution in [3.63, 3.8) is 0 Å². The van der Waals surface area contributed by atoms with Gasteiger partial charge in [-0.2, -0.15) is 0 Å². The van der Waals surface area contributed by atoms with Gasteiger partial charge in [0.1, 0.15) is 0 Å². The van der Waals surface area contributed by atoms with E-state index in [-0.39, 0.29) is 5.41 Å². The summed E-state index contributed by atoms with van der Waals surface area (Å²) in [6, 6.07) is 5.91. The number of aromatic nitrogens is 1. The minimum absolute atomic E-state index is 0.173. The SMILES string of the molecule is COCCC(C)(C)CNc1ccc(N)c2ccncc12. The van der Waals surface area contributed by atoms with Crippen LogP contribution in [-0.4, -0.2) is 25.2 Å². The van der Waals surface area contributed by atoms with Crippen molar-refractivity contribution >= 4 is 22.1 Å². The summed E-state index contributed by atoms with van der Waals surface area (Å²) in [4.78, 5) is 4.19. The third-order valence-electron chi connectivity index (χ3n) is 3.59. The van der Waals surface area contributed by atoms with Crippen molar-refractivity contribution < 1.29 is 4.74 Å². The van der Waals surface area contributed by atoms with Gasteiger partial charge < -0.3 is 15.8 Å². The maximum Gasteiger partial charge on any atom is 0.0468 e. The molecule has 0 saturated heterocycles. The molecule has 0 aliphatic carbocycles. The lowest BCUT2D eigenvalue weighted by Crippen LogP contribution is -2.24. The average molecular weight is 273 g/mol. The number of rotatable bonds is 6. The fourth-order valence-electron chi connectivity index (χ4n) is 2.17. The summed E-state index contributed by atoms with van der Waals surface area (Å²) < 4.78 is 5.16. The van der Waals surface area contributed by atoms with E-state index in [2.05, 4.69) is 24.1 Å². The van der Waals surface area contributed by atoms with E-state index in [1.54, 1.807) is 13.3 Å². The van der Waals surface area contributed by atoms with Gasteiger partial charge in [-0.3, -0.25) is 4.98 Å². The summed E-state index contributed by atoms with van der Waals surface area (Å²) in [6.45, 7) is 6.12. The van der Waals surface area contributed by atoms with Gasteiger partial charge in [0.25, 0.3) is 0 Å². The van der Waals surface area contributed by atoms with Crippen molar-refractivity contribution in [2.24, 2.45) is 5.41 Å². The molecule has 1 aromatic carbocycles.